The molecule has 0 aliphatic heterocycles. The highest BCUT2D eigenvalue weighted by atomic mass is 15.1. The number of nitrogens with one attached hydrogen (secondary N) is 1. The highest BCUT2D eigenvalue weighted by Gasteiger charge is 2.13. The Morgan fingerprint density at radius 2 is 1.40 bits per heavy atom. The molecule has 1 aromatic heterocycles. The molecule has 4 heteroatoms. The molecule has 0 saturated carbocycles. The van der Waals surface area contributed by atoms with Crippen molar-refractivity contribution in [1.82, 2.24) is 9.97 Å². The van der Waals surface area contributed by atoms with Crippen molar-refractivity contribution in [2.75, 3.05) is 5.32 Å². The van der Waals surface area contributed by atoms with Crippen LogP contribution in [0.15, 0.2) is 73.1 Å². The van der Waals surface area contributed by atoms with E-state index in [4.69, 9.17) is 0 Å². The van der Waals surface area contributed by atoms with Crippen molar-refractivity contribution in [1.29, 1.82) is 0 Å². The Labute approximate surface area is 178 Å². The van der Waals surface area contributed by atoms with E-state index in [0.717, 1.165) is 23.0 Å². The molecule has 4 aromatic rings. The lowest BCUT2D eigenvalue weighted by molar-refractivity contribution is -0.482. The molecule has 0 radical (unpaired) electrons. The summed E-state index contributed by atoms with van der Waals surface area (Å²) in [5.41, 5.74) is 9.62. The zero-order chi connectivity index (χ0) is 21.1. The lowest BCUT2D eigenvalue weighted by Crippen LogP contribution is -2.71. The lowest BCUT2D eigenvalue weighted by atomic mass is 9.95. The fourth-order valence-corrected chi connectivity index (χ4v) is 3.95. The highest BCUT2D eigenvalue weighted by Crippen LogP contribution is 2.28. The summed E-state index contributed by atoms with van der Waals surface area (Å²) in [6.07, 6.45) is 3.45. The van der Waals surface area contributed by atoms with E-state index in [1.54, 1.807) is 12.4 Å². The van der Waals surface area contributed by atoms with Crippen LogP contribution in [-0.4, -0.2) is 9.97 Å². The second-order valence-corrected chi connectivity index (χ2v) is 7.83. The van der Waals surface area contributed by atoms with Crippen LogP contribution in [0.5, 0.6) is 0 Å². The summed E-state index contributed by atoms with van der Waals surface area (Å²) in [5, 5.41) is 5.51. The maximum absolute atomic E-state index is 4.57. The maximum Gasteiger partial charge on any atom is 0.273 e. The van der Waals surface area contributed by atoms with Crippen LogP contribution in [-0.2, 0) is 0 Å². The molecule has 0 bridgehead atoms. The van der Waals surface area contributed by atoms with Crippen LogP contribution in [0.3, 0.4) is 0 Å². The van der Waals surface area contributed by atoms with Gasteiger partial charge in [0.25, 0.3) is 5.82 Å². The summed E-state index contributed by atoms with van der Waals surface area (Å²) in [6.45, 7) is 8.52. The quantitative estimate of drug-likeness (QED) is 0.430. The molecule has 3 N–H and O–H groups in total. The van der Waals surface area contributed by atoms with E-state index in [1.165, 1.54) is 33.4 Å². The van der Waals surface area contributed by atoms with Crippen molar-refractivity contribution in [3.63, 3.8) is 0 Å². The van der Waals surface area contributed by atoms with E-state index in [1.807, 2.05) is 0 Å². The summed E-state index contributed by atoms with van der Waals surface area (Å²) >= 11 is 0. The van der Waals surface area contributed by atoms with Crippen molar-refractivity contribution in [3.05, 3.63) is 95.3 Å². The van der Waals surface area contributed by atoms with Gasteiger partial charge in [0.15, 0.2) is 0 Å². The zero-order valence-corrected chi connectivity index (χ0v) is 17.9. The van der Waals surface area contributed by atoms with Crippen LogP contribution >= 0.6 is 0 Å². The third kappa shape index (κ3) is 4.39. The van der Waals surface area contributed by atoms with Gasteiger partial charge in [0.1, 0.15) is 5.69 Å². The SMILES string of the molecule is Cc1cc(C)cc(Nc2nccnc2[NH2+]c2cccc(-c3c(C)cccc3C)c2)c1. The molecule has 0 unspecified atom stereocenters. The number of quaternary nitrogens is 1. The Kier molecular flexibility index (Phi) is 5.59. The molecule has 30 heavy (non-hydrogen) atoms. The Balaban J connectivity index is 1.64. The molecule has 0 amide bonds. The van der Waals surface area contributed by atoms with E-state index in [-0.39, 0.29) is 0 Å². The van der Waals surface area contributed by atoms with Gasteiger partial charge in [-0.3, -0.25) is 5.32 Å². The van der Waals surface area contributed by atoms with Gasteiger partial charge in [-0.15, -0.1) is 0 Å². The molecule has 150 valence electrons. The van der Waals surface area contributed by atoms with Crippen LogP contribution in [0.25, 0.3) is 11.1 Å². The average Bonchev–Trinajstić information content (AvgIpc) is 2.69. The number of hydrogen-bond donors (Lipinski definition) is 2. The largest absolute Gasteiger partial charge is 0.334 e. The van der Waals surface area contributed by atoms with Crippen molar-refractivity contribution in [2.24, 2.45) is 0 Å². The first kappa shape index (κ1) is 19.8. The minimum atomic E-state index is 0.750. The Morgan fingerprint density at radius 3 is 2.13 bits per heavy atom. The lowest BCUT2D eigenvalue weighted by Gasteiger charge is -2.12. The van der Waals surface area contributed by atoms with Crippen LogP contribution in [0.2, 0.25) is 0 Å². The minimum absolute atomic E-state index is 0.750. The average molecular weight is 396 g/mol. The molecule has 0 atom stereocenters. The van der Waals surface area contributed by atoms with Crippen LogP contribution < -0.4 is 10.6 Å². The van der Waals surface area contributed by atoms with Gasteiger partial charge in [-0.05, 0) is 79.3 Å². The zero-order valence-electron chi connectivity index (χ0n) is 17.9. The Bertz CT molecular complexity index is 1160. The molecule has 0 saturated heterocycles. The summed E-state index contributed by atoms with van der Waals surface area (Å²) in [6, 6.07) is 21.4. The molecule has 0 aliphatic rings. The number of aryl methyl sites for hydroxylation is 4. The van der Waals surface area contributed by atoms with Gasteiger partial charge in [-0.25, -0.2) is 4.98 Å². The number of aromatic nitrogens is 2. The topological polar surface area (TPSA) is 54.4 Å². The van der Waals surface area contributed by atoms with Crippen LogP contribution in [0.4, 0.5) is 23.0 Å². The molecular formula is C26H27N4+. The maximum atomic E-state index is 4.57. The van der Waals surface area contributed by atoms with Gasteiger partial charge in [0.05, 0.1) is 6.20 Å². The number of nitrogens with two attached hydrogens (primary N) is 1. The smallest absolute Gasteiger partial charge is 0.273 e. The molecular weight excluding hydrogens is 368 g/mol. The Morgan fingerprint density at radius 1 is 0.733 bits per heavy atom. The number of nitrogens with zero attached hydrogens (tertiary/aromatic N) is 2. The minimum Gasteiger partial charge on any atom is -0.334 e. The molecule has 0 fully saturated rings. The Hall–Kier alpha value is -3.50. The number of anilines is 2. The summed E-state index contributed by atoms with van der Waals surface area (Å²) < 4.78 is 0. The van der Waals surface area contributed by atoms with E-state index >= 15 is 0 Å². The molecule has 0 spiro atoms. The number of benzene rings is 3. The number of hydrogen-bond acceptors (Lipinski definition) is 3. The first-order chi connectivity index (χ1) is 14.5. The normalized spacial score (nSPS) is 10.8. The standard InChI is InChI=1S/C26H26N4/c1-17-13-18(2)15-23(14-17)30-26-25(27-11-12-28-26)29-22-10-6-9-21(16-22)24-19(3)7-5-8-20(24)4/h5-16H,1-4H3,(H,27,29)(H,28,30)/p+1. The van der Waals surface area contributed by atoms with Gasteiger partial charge in [-0.1, -0.05) is 36.4 Å². The predicted octanol–water partition coefficient (Wildman–Crippen LogP) is 5.65. The molecule has 0 aliphatic carbocycles. The van der Waals surface area contributed by atoms with Crippen molar-refractivity contribution in [2.45, 2.75) is 27.7 Å². The first-order valence-electron chi connectivity index (χ1n) is 10.2. The summed E-state index contributed by atoms with van der Waals surface area (Å²) in [7, 11) is 0. The first-order valence-corrected chi connectivity index (χ1v) is 10.2. The van der Waals surface area contributed by atoms with E-state index in [2.05, 4.69) is 109 Å². The van der Waals surface area contributed by atoms with Gasteiger partial charge >= 0.3 is 0 Å². The van der Waals surface area contributed by atoms with Crippen molar-refractivity contribution in [3.8, 4) is 11.1 Å². The van der Waals surface area contributed by atoms with Gasteiger partial charge in [-0.2, -0.15) is 4.98 Å². The second-order valence-electron chi connectivity index (χ2n) is 7.83. The number of rotatable bonds is 5. The van der Waals surface area contributed by atoms with Gasteiger partial charge in [0.2, 0.25) is 5.82 Å². The summed E-state index contributed by atoms with van der Waals surface area (Å²) in [5.74, 6) is 1.57. The van der Waals surface area contributed by atoms with E-state index in [9.17, 15) is 0 Å². The molecule has 4 nitrogen and oxygen atoms in total. The van der Waals surface area contributed by atoms with Crippen LogP contribution in [0, 0.1) is 27.7 Å². The van der Waals surface area contributed by atoms with Gasteiger partial charge in [0, 0.05) is 18.0 Å². The van der Waals surface area contributed by atoms with Gasteiger partial charge < -0.3 is 5.32 Å². The molecule has 3 aromatic carbocycles. The summed E-state index contributed by atoms with van der Waals surface area (Å²) in [4.78, 5) is 9.11. The van der Waals surface area contributed by atoms with E-state index < -0.39 is 0 Å². The fraction of sp³-hybridized carbons (Fsp3) is 0.154. The van der Waals surface area contributed by atoms with Crippen LogP contribution in [0.1, 0.15) is 22.3 Å². The predicted molar refractivity (Wildman–Crippen MR) is 124 cm³/mol. The molecule has 4 rings (SSSR count). The second kappa shape index (κ2) is 8.47. The van der Waals surface area contributed by atoms with E-state index in [0.29, 0.717) is 0 Å². The monoisotopic (exact) mass is 395 g/mol. The third-order valence-electron chi connectivity index (χ3n) is 5.17. The third-order valence-corrected chi connectivity index (χ3v) is 5.17. The fourth-order valence-electron chi connectivity index (χ4n) is 3.95. The van der Waals surface area contributed by atoms with Crippen molar-refractivity contribution < 1.29 is 5.32 Å². The molecule has 1 heterocycles. The highest BCUT2D eigenvalue weighted by molar-refractivity contribution is 5.72. The van der Waals surface area contributed by atoms with Crippen molar-refractivity contribution >= 4 is 23.0 Å².